The number of nitrogens with two attached hydrogens (primary N) is 1. The summed E-state index contributed by atoms with van der Waals surface area (Å²) in [6.45, 7) is 0.747. The van der Waals surface area contributed by atoms with Crippen molar-refractivity contribution in [2.75, 3.05) is 13.7 Å². The molecule has 0 heterocycles. The summed E-state index contributed by atoms with van der Waals surface area (Å²) in [5.41, 5.74) is 9.74. The molecular formula is C13H17NO. The predicted octanol–water partition coefficient (Wildman–Crippen LogP) is 2.37. The molecule has 2 N–H and O–H groups in total. The van der Waals surface area contributed by atoms with Crippen LogP contribution in [-0.2, 0) is 6.42 Å². The van der Waals surface area contributed by atoms with E-state index in [-0.39, 0.29) is 0 Å². The minimum Gasteiger partial charge on any atom is -0.497 e. The fraction of sp³-hybridized carbons (Fsp3) is 0.385. The van der Waals surface area contributed by atoms with Crippen LogP contribution >= 0.6 is 0 Å². The number of benzene rings is 1. The van der Waals surface area contributed by atoms with Crippen LogP contribution in [0.15, 0.2) is 23.8 Å². The molecule has 0 aliphatic heterocycles. The van der Waals surface area contributed by atoms with Crippen molar-refractivity contribution >= 4 is 6.08 Å². The van der Waals surface area contributed by atoms with Crippen molar-refractivity contribution in [2.45, 2.75) is 19.3 Å². The standard InChI is InChI=1S/C13H17NO/c1-15-13-5-4-11-8-10(6-7-14)2-3-12(11)9-13/h4-5,8-9H,2-3,6-7,14H2,1H3. The lowest BCUT2D eigenvalue weighted by atomic mass is 9.91. The number of ether oxygens (including phenoxy) is 1. The van der Waals surface area contributed by atoms with Crippen LogP contribution in [0.25, 0.3) is 6.08 Å². The first-order chi connectivity index (χ1) is 7.33. The lowest BCUT2D eigenvalue weighted by Gasteiger charge is -2.16. The molecule has 1 aliphatic carbocycles. The smallest absolute Gasteiger partial charge is 0.119 e. The van der Waals surface area contributed by atoms with Gasteiger partial charge < -0.3 is 10.5 Å². The van der Waals surface area contributed by atoms with Gasteiger partial charge in [-0.15, -0.1) is 0 Å². The van der Waals surface area contributed by atoms with Crippen LogP contribution in [0, 0.1) is 0 Å². The number of hydrogen-bond acceptors (Lipinski definition) is 2. The first-order valence-corrected chi connectivity index (χ1v) is 5.40. The molecule has 0 bridgehead atoms. The second-order valence-electron chi connectivity index (χ2n) is 3.91. The Morgan fingerprint density at radius 2 is 2.20 bits per heavy atom. The van der Waals surface area contributed by atoms with Gasteiger partial charge in [-0.2, -0.15) is 0 Å². The molecule has 0 radical (unpaired) electrons. The van der Waals surface area contributed by atoms with Crippen molar-refractivity contribution in [2.24, 2.45) is 5.73 Å². The van der Waals surface area contributed by atoms with E-state index in [1.165, 1.54) is 16.7 Å². The van der Waals surface area contributed by atoms with E-state index in [2.05, 4.69) is 18.2 Å². The number of rotatable bonds is 3. The third-order valence-electron chi connectivity index (χ3n) is 2.89. The molecule has 2 heteroatoms. The van der Waals surface area contributed by atoms with Crippen LogP contribution in [0.4, 0.5) is 0 Å². The normalized spacial score (nSPS) is 14.4. The zero-order valence-corrected chi connectivity index (χ0v) is 9.12. The van der Waals surface area contributed by atoms with Crippen LogP contribution in [-0.4, -0.2) is 13.7 Å². The van der Waals surface area contributed by atoms with E-state index in [9.17, 15) is 0 Å². The van der Waals surface area contributed by atoms with Crippen molar-refractivity contribution in [3.8, 4) is 5.75 Å². The quantitative estimate of drug-likeness (QED) is 0.818. The second-order valence-corrected chi connectivity index (χ2v) is 3.91. The highest BCUT2D eigenvalue weighted by Crippen LogP contribution is 2.28. The number of fused-ring (bicyclic) bond motifs is 1. The maximum atomic E-state index is 5.56. The number of methoxy groups -OCH3 is 1. The van der Waals surface area contributed by atoms with Gasteiger partial charge in [-0.1, -0.05) is 17.7 Å². The largest absolute Gasteiger partial charge is 0.497 e. The molecule has 0 saturated heterocycles. The Hall–Kier alpha value is -1.28. The Morgan fingerprint density at radius 3 is 2.93 bits per heavy atom. The van der Waals surface area contributed by atoms with Gasteiger partial charge in [0.25, 0.3) is 0 Å². The van der Waals surface area contributed by atoms with Crippen molar-refractivity contribution in [3.63, 3.8) is 0 Å². The van der Waals surface area contributed by atoms with Gasteiger partial charge in [-0.25, -0.2) is 0 Å². The van der Waals surface area contributed by atoms with Gasteiger partial charge in [0.05, 0.1) is 7.11 Å². The Labute approximate surface area is 90.7 Å². The molecule has 1 aromatic rings. The Morgan fingerprint density at radius 1 is 1.33 bits per heavy atom. The molecule has 0 aromatic heterocycles. The van der Waals surface area contributed by atoms with Crippen molar-refractivity contribution in [1.82, 2.24) is 0 Å². The summed E-state index contributed by atoms with van der Waals surface area (Å²) in [6, 6.07) is 6.27. The molecule has 2 nitrogen and oxygen atoms in total. The van der Waals surface area contributed by atoms with Gasteiger partial charge in [0, 0.05) is 0 Å². The molecule has 1 aliphatic rings. The summed E-state index contributed by atoms with van der Waals surface area (Å²) in [5.74, 6) is 0.949. The molecule has 0 unspecified atom stereocenters. The minimum absolute atomic E-state index is 0.747. The molecular weight excluding hydrogens is 186 g/mol. The van der Waals surface area contributed by atoms with Crippen LogP contribution in [0.3, 0.4) is 0 Å². The molecule has 0 saturated carbocycles. The first kappa shape index (κ1) is 10.2. The fourth-order valence-corrected chi connectivity index (χ4v) is 2.04. The molecule has 1 aromatic carbocycles. The van der Waals surface area contributed by atoms with E-state index in [0.717, 1.165) is 31.6 Å². The van der Waals surface area contributed by atoms with Gasteiger partial charge in [-0.3, -0.25) is 0 Å². The van der Waals surface area contributed by atoms with E-state index in [1.54, 1.807) is 7.11 Å². The molecule has 0 atom stereocenters. The van der Waals surface area contributed by atoms with Gasteiger partial charge in [0.2, 0.25) is 0 Å². The lowest BCUT2D eigenvalue weighted by Crippen LogP contribution is -2.05. The molecule has 80 valence electrons. The molecule has 2 rings (SSSR count). The van der Waals surface area contributed by atoms with Gasteiger partial charge in [0.1, 0.15) is 5.75 Å². The molecule has 0 amide bonds. The number of aryl methyl sites for hydroxylation is 1. The van der Waals surface area contributed by atoms with Crippen molar-refractivity contribution < 1.29 is 4.74 Å². The third-order valence-corrected chi connectivity index (χ3v) is 2.89. The average Bonchev–Trinajstić information content (AvgIpc) is 2.29. The van der Waals surface area contributed by atoms with Crippen molar-refractivity contribution in [3.05, 3.63) is 34.9 Å². The van der Waals surface area contributed by atoms with E-state index in [1.807, 2.05) is 6.07 Å². The Balaban J connectivity index is 2.27. The summed E-state index contributed by atoms with van der Waals surface area (Å²) < 4.78 is 5.21. The first-order valence-electron chi connectivity index (χ1n) is 5.40. The summed E-state index contributed by atoms with van der Waals surface area (Å²) in [4.78, 5) is 0. The monoisotopic (exact) mass is 203 g/mol. The highest BCUT2D eigenvalue weighted by molar-refractivity contribution is 5.60. The third kappa shape index (κ3) is 2.21. The maximum absolute atomic E-state index is 5.56. The SMILES string of the molecule is COc1ccc2c(c1)CCC(CCN)=C2. The van der Waals surface area contributed by atoms with E-state index in [0.29, 0.717) is 0 Å². The van der Waals surface area contributed by atoms with Gasteiger partial charge in [-0.05, 0) is 49.1 Å². The highest BCUT2D eigenvalue weighted by atomic mass is 16.5. The topological polar surface area (TPSA) is 35.2 Å². The summed E-state index contributed by atoms with van der Waals surface area (Å²) in [6.07, 6.45) is 5.53. The van der Waals surface area contributed by atoms with E-state index in [4.69, 9.17) is 10.5 Å². The summed E-state index contributed by atoms with van der Waals surface area (Å²) in [5, 5.41) is 0. The maximum Gasteiger partial charge on any atom is 0.119 e. The van der Waals surface area contributed by atoms with Gasteiger partial charge >= 0.3 is 0 Å². The molecule has 15 heavy (non-hydrogen) atoms. The van der Waals surface area contributed by atoms with Crippen LogP contribution in [0.1, 0.15) is 24.0 Å². The van der Waals surface area contributed by atoms with Crippen LogP contribution in [0.5, 0.6) is 5.75 Å². The van der Waals surface area contributed by atoms with Crippen molar-refractivity contribution in [1.29, 1.82) is 0 Å². The second kappa shape index (κ2) is 4.49. The highest BCUT2D eigenvalue weighted by Gasteiger charge is 2.10. The minimum atomic E-state index is 0.747. The predicted molar refractivity (Wildman–Crippen MR) is 63.0 cm³/mol. The average molecular weight is 203 g/mol. The van der Waals surface area contributed by atoms with Crippen LogP contribution in [0.2, 0.25) is 0 Å². The zero-order valence-electron chi connectivity index (χ0n) is 9.12. The summed E-state index contributed by atoms with van der Waals surface area (Å²) >= 11 is 0. The van der Waals surface area contributed by atoms with Gasteiger partial charge in [0.15, 0.2) is 0 Å². The summed E-state index contributed by atoms with van der Waals surface area (Å²) in [7, 11) is 1.71. The van der Waals surface area contributed by atoms with Crippen LogP contribution < -0.4 is 10.5 Å². The Kier molecular flexibility index (Phi) is 3.07. The van der Waals surface area contributed by atoms with E-state index >= 15 is 0 Å². The Bertz CT molecular complexity index is 382. The molecule has 0 fully saturated rings. The lowest BCUT2D eigenvalue weighted by molar-refractivity contribution is 0.414. The fourth-order valence-electron chi connectivity index (χ4n) is 2.04. The zero-order chi connectivity index (χ0) is 10.7. The molecule has 0 spiro atoms. The van der Waals surface area contributed by atoms with E-state index < -0.39 is 0 Å². The number of hydrogen-bond donors (Lipinski definition) is 1.